The summed E-state index contributed by atoms with van der Waals surface area (Å²) in [6.45, 7) is 8.50. The molecule has 58 heavy (non-hydrogen) atoms. The second kappa shape index (κ2) is 21.9. The van der Waals surface area contributed by atoms with Crippen LogP contribution in [0.1, 0.15) is 92.4 Å². The third-order valence-electron chi connectivity index (χ3n) is 10.1. The van der Waals surface area contributed by atoms with Crippen LogP contribution in [0.2, 0.25) is 0 Å². The van der Waals surface area contributed by atoms with Gasteiger partial charge in [-0.15, -0.1) is 0 Å². The molecule has 0 bridgehead atoms. The fourth-order valence-corrected chi connectivity index (χ4v) is 7.29. The number of carbonyl (C=O) groups is 9. The number of carbonyl (C=O) groups excluding carboxylic acids is 8. The molecule has 3 heterocycles. The zero-order valence-corrected chi connectivity index (χ0v) is 34.0. The van der Waals surface area contributed by atoms with Gasteiger partial charge in [-0.1, -0.05) is 27.7 Å². The fourth-order valence-electron chi connectivity index (χ4n) is 7.29. The summed E-state index contributed by atoms with van der Waals surface area (Å²) >= 11 is 0. The van der Waals surface area contributed by atoms with Gasteiger partial charge in [0.15, 0.2) is 5.96 Å². The second-order valence-electron chi connectivity index (χ2n) is 15.9. The molecule has 3 aliphatic heterocycles. The van der Waals surface area contributed by atoms with E-state index in [1.165, 1.54) is 16.7 Å². The molecule has 0 aromatic carbocycles. The predicted molar refractivity (Wildman–Crippen MR) is 209 cm³/mol. The molecule has 11 N–H and O–H groups in total. The zero-order valence-electron chi connectivity index (χ0n) is 34.0. The van der Waals surface area contributed by atoms with E-state index >= 15 is 0 Å². The fraction of sp³-hybridized carbons (Fsp3) is 0.730. The van der Waals surface area contributed by atoms with Crippen molar-refractivity contribution in [1.82, 2.24) is 41.7 Å². The molecule has 324 valence electrons. The Bertz CT molecular complexity index is 1580. The maximum atomic E-state index is 14.1. The summed E-state index contributed by atoms with van der Waals surface area (Å²) in [5.74, 6) is -7.61. The Labute approximate surface area is 338 Å². The van der Waals surface area contributed by atoms with Crippen molar-refractivity contribution in [1.29, 1.82) is 0 Å². The van der Waals surface area contributed by atoms with Gasteiger partial charge in [-0.05, 0) is 70.1 Å². The number of hydrogen-bond donors (Lipinski definition) is 9. The van der Waals surface area contributed by atoms with Crippen molar-refractivity contribution in [2.45, 2.75) is 135 Å². The standard InChI is InChI=1S/C37H61N11O10/c1-19(2)15-23-32(54)44-22(9-6-12-40-37(38)39)31(53)41-18-28(49)43-24(17-29(50)51)33(55)46-25(16-20(3)4)35(57)48-14-8-11-27(48)36(58)47-13-7-10-26(47)34(56)42-21(5)30(52)45-23/h19-27H,6-18H2,1-5H3,(H,41,53)(H,42,56)(H,43,49)(H,44,54)(H,45,52)(H,46,55)(H,50,51)(H4,38,39,40)/t21-,22-,23-,24-,25-,26-,27+/m0/s1. The SMILES string of the molecule is CC(C)C[C@@H]1NC(=O)[C@H](C)NC(=O)[C@@H]2CCCN2C(=O)[C@H]2CCCN2C(=O)[C@H](CC(C)C)NC(=O)[C@H](CC(=O)O)NC(=O)CNC(=O)[C@H](CCCN=C(N)N)NC1=O. The number of carboxylic acid groups (broad SMARTS) is 1. The van der Waals surface area contributed by atoms with Gasteiger partial charge < -0.3 is 58.3 Å². The summed E-state index contributed by atoms with van der Waals surface area (Å²) in [4.78, 5) is 128. The summed E-state index contributed by atoms with van der Waals surface area (Å²) in [6.07, 6.45) is 1.18. The van der Waals surface area contributed by atoms with Crippen molar-refractivity contribution in [3.63, 3.8) is 0 Å². The lowest BCUT2D eigenvalue weighted by Crippen LogP contribution is -2.60. The number of nitrogens with one attached hydrogen (secondary N) is 6. The molecule has 21 nitrogen and oxygen atoms in total. The predicted octanol–water partition coefficient (Wildman–Crippen LogP) is -2.84. The van der Waals surface area contributed by atoms with Gasteiger partial charge in [-0.2, -0.15) is 0 Å². The molecule has 0 aromatic rings. The van der Waals surface area contributed by atoms with Crippen LogP contribution in [0.3, 0.4) is 0 Å². The number of rotatable bonds is 10. The van der Waals surface area contributed by atoms with E-state index in [4.69, 9.17) is 11.5 Å². The number of carboxylic acids is 1. The highest BCUT2D eigenvalue weighted by atomic mass is 16.4. The van der Waals surface area contributed by atoms with E-state index in [-0.39, 0.29) is 63.1 Å². The minimum atomic E-state index is -1.66. The Morgan fingerprint density at radius 1 is 0.707 bits per heavy atom. The van der Waals surface area contributed by atoms with Crippen LogP contribution in [0.15, 0.2) is 4.99 Å². The van der Waals surface area contributed by atoms with Gasteiger partial charge in [-0.3, -0.25) is 48.1 Å². The molecule has 0 spiro atoms. The van der Waals surface area contributed by atoms with Crippen LogP contribution >= 0.6 is 0 Å². The highest BCUT2D eigenvalue weighted by molar-refractivity contribution is 5.99. The Hall–Kier alpha value is -5.50. The lowest BCUT2D eigenvalue weighted by atomic mass is 10.0. The molecule has 3 rings (SSSR count). The summed E-state index contributed by atoms with van der Waals surface area (Å²) < 4.78 is 0. The first-order valence-electron chi connectivity index (χ1n) is 20.0. The smallest absolute Gasteiger partial charge is 0.305 e. The first kappa shape index (κ1) is 46.9. The van der Waals surface area contributed by atoms with Crippen LogP contribution in [0.4, 0.5) is 0 Å². The maximum absolute atomic E-state index is 14.1. The number of guanidine groups is 1. The van der Waals surface area contributed by atoms with E-state index in [2.05, 4.69) is 36.9 Å². The number of nitrogens with two attached hydrogens (primary N) is 2. The average Bonchev–Trinajstić information content (AvgIpc) is 3.83. The number of aliphatic carboxylic acids is 1. The monoisotopic (exact) mass is 819 g/mol. The minimum Gasteiger partial charge on any atom is -0.481 e. The molecule has 21 heteroatoms. The third-order valence-corrected chi connectivity index (χ3v) is 10.1. The van der Waals surface area contributed by atoms with Crippen molar-refractivity contribution in [3.8, 4) is 0 Å². The van der Waals surface area contributed by atoms with Gasteiger partial charge >= 0.3 is 5.97 Å². The van der Waals surface area contributed by atoms with Gasteiger partial charge in [0.05, 0.1) is 13.0 Å². The van der Waals surface area contributed by atoms with Crippen LogP contribution < -0.4 is 43.4 Å². The average molecular weight is 820 g/mol. The maximum Gasteiger partial charge on any atom is 0.305 e. The van der Waals surface area contributed by atoms with E-state index in [9.17, 15) is 48.3 Å². The summed E-state index contributed by atoms with van der Waals surface area (Å²) in [5, 5.41) is 24.9. The minimum absolute atomic E-state index is 0.00538. The van der Waals surface area contributed by atoms with Crippen molar-refractivity contribution in [2.75, 3.05) is 26.2 Å². The van der Waals surface area contributed by atoms with Gasteiger partial charge in [-0.25, -0.2) is 0 Å². The topological polar surface area (TPSA) is 317 Å². The Kier molecular flexibility index (Phi) is 17.7. The lowest BCUT2D eigenvalue weighted by Gasteiger charge is -2.34. The van der Waals surface area contributed by atoms with Crippen molar-refractivity contribution < 1.29 is 48.3 Å². The highest BCUT2D eigenvalue weighted by Gasteiger charge is 2.44. The molecular formula is C37H61N11O10. The zero-order chi connectivity index (χ0) is 43.3. The summed E-state index contributed by atoms with van der Waals surface area (Å²) in [5.41, 5.74) is 10.8. The number of nitrogens with zero attached hydrogens (tertiary/aromatic N) is 3. The van der Waals surface area contributed by atoms with Gasteiger partial charge in [0, 0.05) is 19.6 Å². The summed E-state index contributed by atoms with van der Waals surface area (Å²) in [6, 6.07) is -8.28. The third kappa shape index (κ3) is 13.9. The molecule has 7 atom stereocenters. The first-order valence-corrected chi connectivity index (χ1v) is 20.0. The summed E-state index contributed by atoms with van der Waals surface area (Å²) in [7, 11) is 0. The van der Waals surface area contributed by atoms with Gasteiger partial charge in [0.2, 0.25) is 47.3 Å². The number of hydrogen-bond acceptors (Lipinski definition) is 10. The molecule has 0 unspecified atom stereocenters. The Morgan fingerprint density at radius 3 is 1.86 bits per heavy atom. The van der Waals surface area contributed by atoms with E-state index < -0.39 is 108 Å². The Balaban J connectivity index is 2.01. The molecular weight excluding hydrogens is 758 g/mol. The highest BCUT2D eigenvalue weighted by Crippen LogP contribution is 2.26. The molecule has 3 saturated heterocycles. The molecule has 0 saturated carbocycles. The van der Waals surface area contributed by atoms with Crippen LogP contribution in [-0.2, 0) is 43.2 Å². The quantitative estimate of drug-likeness (QED) is 0.0612. The molecule has 3 aliphatic rings. The van der Waals surface area contributed by atoms with E-state index in [0.29, 0.717) is 25.7 Å². The molecule has 0 aromatic heterocycles. The van der Waals surface area contributed by atoms with Crippen LogP contribution in [0.5, 0.6) is 0 Å². The van der Waals surface area contributed by atoms with Crippen molar-refractivity contribution >= 4 is 59.2 Å². The van der Waals surface area contributed by atoms with E-state index in [1.54, 1.807) is 0 Å². The number of amides is 8. The van der Waals surface area contributed by atoms with Gasteiger partial charge in [0.1, 0.15) is 42.3 Å². The lowest BCUT2D eigenvalue weighted by molar-refractivity contribution is -0.148. The Morgan fingerprint density at radius 2 is 1.26 bits per heavy atom. The van der Waals surface area contributed by atoms with Crippen LogP contribution in [0, 0.1) is 11.8 Å². The first-order chi connectivity index (χ1) is 27.3. The molecule has 0 radical (unpaired) electrons. The number of aliphatic imine (C=N–C) groups is 1. The van der Waals surface area contributed by atoms with E-state index in [1.807, 2.05) is 27.7 Å². The number of fused-ring (bicyclic) bond motifs is 2. The van der Waals surface area contributed by atoms with Gasteiger partial charge in [0.25, 0.3) is 0 Å². The van der Waals surface area contributed by atoms with Crippen molar-refractivity contribution in [2.24, 2.45) is 28.3 Å². The van der Waals surface area contributed by atoms with E-state index in [0.717, 1.165) is 0 Å². The normalized spacial score (nSPS) is 27.4. The van der Waals surface area contributed by atoms with Crippen LogP contribution in [-0.4, -0.2) is 143 Å². The molecule has 0 aliphatic carbocycles. The largest absolute Gasteiger partial charge is 0.481 e. The molecule has 8 amide bonds. The van der Waals surface area contributed by atoms with Crippen molar-refractivity contribution in [3.05, 3.63) is 0 Å². The molecule has 3 fully saturated rings. The van der Waals surface area contributed by atoms with Crippen LogP contribution in [0.25, 0.3) is 0 Å². The second-order valence-corrected chi connectivity index (χ2v) is 15.9.